The van der Waals surface area contributed by atoms with Crippen LogP contribution in [-0.2, 0) is 42.1 Å². The van der Waals surface area contributed by atoms with Gasteiger partial charge in [-0.15, -0.1) is 16.9 Å². The molecule has 2 aromatic carbocycles. The highest BCUT2D eigenvalue weighted by atomic mass is 32.2. The van der Waals surface area contributed by atoms with Gasteiger partial charge in [0.15, 0.2) is 6.10 Å². The number of carbonyl (C=O) groups excluding carboxylic acids is 4. The minimum Gasteiger partial charge on any atom is -0.427 e. The van der Waals surface area contributed by atoms with Crippen molar-refractivity contribution in [2.75, 3.05) is 18.3 Å². The van der Waals surface area contributed by atoms with E-state index in [0.29, 0.717) is 22.0 Å². The highest BCUT2D eigenvalue weighted by Gasteiger charge is 2.54. The number of thioether (sulfide) groups is 2. The normalized spacial score (nSPS) is 19.0. The maximum absolute atomic E-state index is 13.3. The number of nitrogens with two attached hydrogens (primary N) is 1. The van der Waals surface area contributed by atoms with Crippen LogP contribution in [-0.4, -0.2) is 89.7 Å². The molecule has 16 heteroatoms. The molecule has 1 aromatic heterocycles. The topological polar surface area (TPSA) is 192 Å². The summed E-state index contributed by atoms with van der Waals surface area (Å²) in [6.45, 7) is -0.708. The van der Waals surface area contributed by atoms with Crippen LogP contribution < -0.4 is 11.1 Å². The summed E-state index contributed by atoms with van der Waals surface area (Å²) in [6, 6.07) is 15.5. The van der Waals surface area contributed by atoms with E-state index >= 15 is 0 Å². The molecule has 230 valence electrons. The Morgan fingerprint density at radius 3 is 2.52 bits per heavy atom. The van der Waals surface area contributed by atoms with Crippen LogP contribution in [0.1, 0.15) is 17.2 Å². The quantitative estimate of drug-likeness (QED) is 0.106. The molecule has 0 radical (unpaired) electrons. The van der Waals surface area contributed by atoms with Crippen LogP contribution >= 0.6 is 23.5 Å². The molecule has 0 aliphatic carbocycles. The number of benzene rings is 2. The molecular formula is C28H29N7O7S2. The second-order valence-electron chi connectivity index (χ2n) is 9.84. The van der Waals surface area contributed by atoms with E-state index < -0.39 is 54.1 Å². The number of nitrogens with zero attached hydrogens (tertiary/aromatic N) is 5. The summed E-state index contributed by atoms with van der Waals surface area (Å²) in [7, 11) is 1.67. The first kappa shape index (κ1) is 31.2. The predicted molar refractivity (Wildman–Crippen MR) is 158 cm³/mol. The molecule has 3 aromatic rings. The zero-order valence-electron chi connectivity index (χ0n) is 23.4. The van der Waals surface area contributed by atoms with Gasteiger partial charge in [0, 0.05) is 18.6 Å². The van der Waals surface area contributed by atoms with Crippen molar-refractivity contribution < 1.29 is 33.8 Å². The van der Waals surface area contributed by atoms with Gasteiger partial charge in [0.25, 0.3) is 11.8 Å². The van der Waals surface area contributed by atoms with E-state index in [1.807, 2.05) is 30.3 Å². The van der Waals surface area contributed by atoms with Gasteiger partial charge < -0.3 is 25.6 Å². The maximum Gasteiger partial charge on any atom is 0.357 e. The lowest BCUT2D eigenvalue weighted by Gasteiger charge is -2.49. The number of carbonyl (C=O) groups is 4. The minimum absolute atomic E-state index is 0.0138. The molecule has 0 saturated carbocycles. The zero-order chi connectivity index (χ0) is 31.2. The molecule has 0 bridgehead atoms. The Bertz CT molecular complexity index is 1550. The number of esters is 2. The maximum atomic E-state index is 13.3. The summed E-state index contributed by atoms with van der Waals surface area (Å²) in [5.74, 6) is -2.34. The van der Waals surface area contributed by atoms with Gasteiger partial charge in [-0.05, 0) is 33.5 Å². The lowest BCUT2D eigenvalue weighted by atomic mass is 10.0. The molecule has 4 atom stereocenters. The van der Waals surface area contributed by atoms with Crippen molar-refractivity contribution in [3.8, 4) is 0 Å². The number of ether oxygens (including phenoxy) is 2. The Balaban J connectivity index is 1.25. The Kier molecular flexibility index (Phi) is 9.94. The number of β-lactam (4-membered cyclic amide) rings is 1. The van der Waals surface area contributed by atoms with Crippen LogP contribution in [0, 0.1) is 0 Å². The SMILES string of the molecule is Cn1nnnc1SCC1=C(C(=O)OCOC(=O)[C@@H](N)Cc2ccccc2)N2C(=O)[C@@H](NC(=O)[C@H](O)c3ccccc3)[C@H]2SC1. The number of aryl methyl sites for hydroxylation is 1. The molecule has 5 rings (SSSR count). The first-order valence-electron chi connectivity index (χ1n) is 13.4. The van der Waals surface area contributed by atoms with Crippen molar-refractivity contribution in [3.63, 3.8) is 0 Å². The van der Waals surface area contributed by atoms with Crippen molar-refractivity contribution >= 4 is 47.3 Å². The molecule has 2 aliphatic rings. The summed E-state index contributed by atoms with van der Waals surface area (Å²) in [5.41, 5.74) is 7.74. The molecule has 4 N–H and O–H groups in total. The molecule has 1 fully saturated rings. The van der Waals surface area contributed by atoms with Crippen LogP contribution in [0.5, 0.6) is 0 Å². The average molecular weight is 640 g/mol. The van der Waals surface area contributed by atoms with E-state index in [1.54, 1.807) is 37.4 Å². The summed E-state index contributed by atoms with van der Waals surface area (Å²) < 4.78 is 11.8. The number of tetrazole rings is 1. The van der Waals surface area contributed by atoms with Gasteiger partial charge in [0.2, 0.25) is 11.9 Å². The van der Waals surface area contributed by atoms with Gasteiger partial charge in [0.05, 0.1) is 0 Å². The third-order valence-corrected chi connectivity index (χ3v) is 9.29. The lowest BCUT2D eigenvalue weighted by Crippen LogP contribution is -2.71. The van der Waals surface area contributed by atoms with E-state index in [1.165, 1.54) is 33.1 Å². The van der Waals surface area contributed by atoms with Gasteiger partial charge in [-0.25, -0.2) is 9.48 Å². The van der Waals surface area contributed by atoms with Crippen LogP contribution in [0.25, 0.3) is 0 Å². The fourth-order valence-electron chi connectivity index (χ4n) is 4.56. The average Bonchev–Trinajstić information content (AvgIpc) is 3.46. The number of rotatable bonds is 12. The summed E-state index contributed by atoms with van der Waals surface area (Å²) >= 11 is 2.61. The Hall–Kier alpha value is -4.25. The summed E-state index contributed by atoms with van der Waals surface area (Å²) in [4.78, 5) is 53.1. The van der Waals surface area contributed by atoms with Gasteiger partial charge >= 0.3 is 11.9 Å². The number of aliphatic hydroxyl groups is 1. The Morgan fingerprint density at radius 1 is 1.14 bits per heavy atom. The number of fused-ring (bicyclic) bond motifs is 1. The van der Waals surface area contributed by atoms with Crippen LogP contribution in [0.4, 0.5) is 0 Å². The van der Waals surface area contributed by atoms with Gasteiger partial charge in [-0.2, -0.15) is 0 Å². The standard InChI is InChI=1S/C28H29N7O7S2/c1-34-28(31-32-33-34)44-14-18-13-43-25-20(30-23(37)22(36)17-10-6-3-7-11-17)24(38)35(25)21(18)27(40)42-15-41-26(39)19(29)12-16-8-4-2-5-9-16/h2-11,19-20,22,25,36H,12-15,29H2,1H3,(H,30,37)/t19-,20+,22+,25+/m0/s1. The predicted octanol–water partition coefficient (Wildman–Crippen LogP) is 0.304. The van der Waals surface area contributed by atoms with E-state index in [-0.39, 0.29) is 17.9 Å². The van der Waals surface area contributed by atoms with E-state index in [0.717, 1.165) is 5.56 Å². The Morgan fingerprint density at radius 2 is 1.84 bits per heavy atom. The highest BCUT2D eigenvalue weighted by Crippen LogP contribution is 2.42. The first-order chi connectivity index (χ1) is 21.2. The van der Waals surface area contributed by atoms with Gasteiger partial charge in [0.1, 0.15) is 23.2 Å². The van der Waals surface area contributed by atoms with Crippen molar-refractivity contribution in [2.45, 2.75) is 35.1 Å². The Labute approximate surface area is 260 Å². The second kappa shape index (κ2) is 14.0. The molecule has 1 saturated heterocycles. The van der Waals surface area contributed by atoms with Crippen molar-refractivity contribution in [1.82, 2.24) is 30.4 Å². The fourth-order valence-corrected chi connectivity index (χ4v) is 6.90. The third kappa shape index (κ3) is 6.93. The fraction of sp³-hybridized carbons (Fsp3) is 0.321. The smallest absolute Gasteiger partial charge is 0.357 e. The third-order valence-electron chi connectivity index (χ3n) is 6.85. The number of aliphatic hydroxyl groups excluding tert-OH is 1. The molecular weight excluding hydrogens is 610 g/mol. The number of hydrogen-bond donors (Lipinski definition) is 3. The van der Waals surface area contributed by atoms with Crippen molar-refractivity contribution in [3.05, 3.63) is 83.1 Å². The highest BCUT2D eigenvalue weighted by molar-refractivity contribution is 8.01. The molecule has 14 nitrogen and oxygen atoms in total. The first-order valence-corrected chi connectivity index (χ1v) is 15.5. The largest absolute Gasteiger partial charge is 0.427 e. The minimum atomic E-state index is -1.47. The molecule has 0 unspecified atom stereocenters. The van der Waals surface area contributed by atoms with Crippen LogP contribution in [0.2, 0.25) is 0 Å². The zero-order valence-corrected chi connectivity index (χ0v) is 25.1. The molecule has 44 heavy (non-hydrogen) atoms. The molecule has 2 aliphatic heterocycles. The number of hydrogen-bond acceptors (Lipinski definition) is 13. The molecule has 0 spiro atoms. The van der Waals surface area contributed by atoms with Gasteiger partial charge in [-0.1, -0.05) is 72.4 Å². The van der Waals surface area contributed by atoms with Crippen LogP contribution in [0.3, 0.4) is 0 Å². The van der Waals surface area contributed by atoms with E-state index in [4.69, 9.17) is 15.2 Å². The van der Waals surface area contributed by atoms with Crippen molar-refractivity contribution in [2.24, 2.45) is 12.8 Å². The van der Waals surface area contributed by atoms with E-state index in [9.17, 15) is 24.3 Å². The number of nitrogens with one attached hydrogen (secondary N) is 1. The summed E-state index contributed by atoms with van der Waals surface area (Å²) in [6.07, 6.45) is -1.23. The molecule has 2 amide bonds. The van der Waals surface area contributed by atoms with Crippen LogP contribution in [0.15, 0.2) is 77.1 Å². The second-order valence-corrected chi connectivity index (χ2v) is 11.9. The van der Waals surface area contributed by atoms with Gasteiger partial charge in [-0.3, -0.25) is 19.3 Å². The van der Waals surface area contributed by atoms with Crippen molar-refractivity contribution in [1.29, 1.82) is 0 Å². The number of amides is 2. The summed E-state index contributed by atoms with van der Waals surface area (Å²) in [5, 5.41) is 24.3. The lowest BCUT2D eigenvalue weighted by molar-refractivity contribution is -0.169. The monoisotopic (exact) mass is 639 g/mol. The molecule has 3 heterocycles. The van der Waals surface area contributed by atoms with E-state index in [2.05, 4.69) is 20.8 Å². The number of aromatic nitrogens is 4.